The molecule has 0 amide bonds. The van der Waals surface area contributed by atoms with Crippen LogP contribution in [0.25, 0.3) is 0 Å². The van der Waals surface area contributed by atoms with Crippen LogP contribution >= 0.6 is 22.6 Å². The maximum absolute atomic E-state index is 9.64. The third-order valence-electron chi connectivity index (χ3n) is 1.70. The van der Waals surface area contributed by atoms with E-state index in [0.29, 0.717) is 0 Å². The van der Waals surface area contributed by atoms with Crippen molar-refractivity contribution < 1.29 is 5.11 Å². The fraction of sp³-hybridized carbons (Fsp3) is 1.00. The maximum atomic E-state index is 9.64. The monoisotopic (exact) mass is 256 g/mol. The van der Waals surface area contributed by atoms with Gasteiger partial charge in [-0.05, 0) is 19.8 Å². The Morgan fingerprint density at radius 3 is 2.40 bits per heavy atom. The fourth-order valence-corrected chi connectivity index (χ4v) is 2.05. The third kappa shape index (κ3) is 5.47. The van der Waals surface area contributed by atoms with Crippen molar-refractivity contribution in [2.24, 2.45) is 0 Å². The number of unbranched alkanes of at least 4 members (excludes halogenated alkanes) is 1. The summed E-state index contributed by atoms with van der Waals surface area (Å²) in [6, 6.07) is 0. The molecule has 10 heavy (non-hydrogen) atoms. The van der Waals surface area contributed by atoms with E-state index >= 15 is 0 Å². The Balaban J connectivity index is 3.42. The first-order valence-electron chi connectivity index (χ1n) is 3.91. The van der Waals surface area contributed by atoms with E-state index < -0.39 is 5.60 Å². The van der Waals surface area contributed by atoms with E-state index in [4.69, 9.17) is 0 Å². The van der Waals surface area contributed by atoms with Crippen molar-refractivity contribution in [3.8, 4) is 0 Å². The Kier molecular flexibility index (Phi) is 5.72. The van der Waals surface area contributed by atoms with Gasteiger partial charge in [0.05, 0.1) is 5.60 Å². The van der Waals surface area contributed by atoms with Crippen LogP contribution in [0.15, 0.2) is 0 Å². The summed E-state index contributed by atoms with van der Waals surface area (Å²) in [6.45, 7) is 4.08. The van der Waals surface area contributed by atoms with E-state index in [-0.39, 0.29) is 0 Å². The van der Waals surface area contributed by atoms with Crippen molar-refractivity contribution in [3.05, 3.63) is 0 Å². The molecule has 0 saturated carbocycles. The van der Waals surface area contributed by atoms with Gasteiger partial charge in [-0.15, -0.1) is 0 Å². The van der Waals surface area contributed by atoms with Gasteiger partial charge < -0.3 is 5.11 Å². The Bertz CT molecular complexity index is 81.3. The summed E-state index contributed by atoms with van der Waals surface area (Å²) < 4.78 is 1.05. The standard InChI is InChI=1S/C8H17IO/c1-3-4-5-8(2,10)6-7-9/h10H,3-7H2,1-2H3/t8-/m0/s1. The maximum Gasteiger partial charge on any atom is 0.0627 e. The Morgan fingerprint density at radius 1 is 1.40 bits per heavy atom. The van der Waals surface area contributed by atoms with Crippen molar-refractivity contribution in [2.45, 2.75) is 45.1 Å². The van der Waals surface area contributed by atoms with Crippen molar-refractivity contribution in [3.63, 3.8) is 0 Å². The van der Waals surface area contributed by atoms with Gasteiger partial charge in [-0.2, -0.15) is 0 Å². The molecule has 0 saturated heterocycles. The highest BCUT2D eigenvalue weighted by atomic mass is 127. The Morgan fingerprint density at radius 2 is 2.00 bits per heavy atom. The number of rotatable bonds is 5. The minimum Gasteiger partial charge on any atom is -0.390 e. The summed E-state index contributed by atoms with van der Waals surface area (Å²) in [7, 11) is 0. The van der Waals surface area contributed by atoms with Crippen molar-refractivity contribution >= 4 is 22.6 Å². The third-order valence-corrected chi connectivity index (χ3v) is 2.24. The van der Waals surface area contributed by atoms with Gasteiger partial charge in [-0.25, -0.2) is 0 Å². The summed E-state index contributed by atoms with van der Waals surface area (Å²) >= 11 is 2.30. The van der Waals surface area contributed by atoms with Crippen LogP contribution in [-0.4, -0.2) is 15.1 Å². The molecule has 0 aliphatic carbocycles. The minimum absolute atomic E-state index is 0.406. The molecule has 1 atom stereocenters. The first kappa shape index (κ1) is 10.7. The van der Waals surface area contributed by atoms with Crippen LogP contribution in [0.5, 0.6) is 0 Å². The summed E-state index contributed by atoms with van der Waals surface area (Å²) in [5.74, 6) is 0. The minimum atomic E-state index is -0.406. The van der Waals surface area contributed by atoms with Crippen LogP contribution in [0.3, 0.4) is 0 Å². The molecule has 0 fully saturated rings. The molecule has 0 spiro atoms. The highest BCUT2D eigenvalue weighted by molar-refractivity contribution is 14.1. The molecule has 1 nitrogen and oxygen atoms in total. The highest BCUT2D eigenvalue weighted by Gasteiger charge is 2.17. The largest absolute Gasteiger partial charge is 0.390 e. The smallest absolute Gasteiger partial charge is 0.0627 e. The summed E-state index contributed by atoms with van der Waals surface area (Å²) in [5, 5.41) is 9.64. The zero-order valence-electron chi connectivity index (χ0n) is 6.86. The number of alkyl halides is 1. The van der Waals surface area contributed by atoms with E-state index in [0.717, 1.165) is 23.7 Å². The Labute approximate surface area is 77.3 Å². The van der Waals surface area contributed by atoms with E-state index in [1.54, 1.807) is 0 Å². The molecule has 0 aliphatic rings. The number of halogens is 1. The average Bonchev–Trinajstić information content (AvgIpc) is 1.84. The van der Waals surface area contributed by atoms with E-state index in [2.05, 4.69) is 29.5 Å². The van der Waals surface area contributed by atoms with Gasteiger partial charge in [-0.3, -0.25) is 0 Å². The molecule has 0 aromatic rings. The van der Waals surface area contributed by atoms with Gasteiger partial charge in [0.25, 0.3) is 0 Å². The molecule has 0 aromatic carbocycles. The van der Waals surface area contributed by atoms with Crippen LogP contribution in [0.2, 0.25) is 0 Å². The molecule has 0 rings (SSSR count). The van der Waals surface area contributed by atoms with Crippen LogP contribution in [0.4, 0.5) is 0 Å². The van der Waals surface area contributed by atoms with Gasteiger partial charge in [0, 0.05) is 4.43 Å². The van der Waals surface area contributed by atoms with Crippen LogP contribution in [0, 0.1) is 0 Å². The van der Waals surface area contributed by atoms with Crippen LogP contribution in [-0.2, 0) is 0 Å². The molecular weight excluding hydrogens is 239 g/mol. The second-order valence-electron chi connectivity index (χ2n) is 3.04. The lowest BCUT2D eigenvalue weighted by Crippen LogP contribution is -2.24. The van der Waals surface area contributed by atoms with Crippen molar-refractivity contribution in [1.29, 1.82) is 0 Å². The molecule has 0 radical (unpaired) electrons. The molecular formula is C8H17IO. The molecule has 0 heterocycles. The van der Waals surface area contributed by atoms with E-state index in [1.165, 1.54) is 6.42 Å². The van der Waals surface area contributed by atoms with Crippen LogP contribution < -0.4 is 0 Å². The van der Waals surface area contributed by atoms with Gasteiger partial charge in [0.2, 0.25) is 0 Å². The summed E-state index contributed by atoms with van der Waals surface area (Å²) in [4.78, 5) is 0. The molecule has 0 unspecified atom stereocenters. The van der Waals surface area contributed by atoms with Crippen LogP contribution in [0.1, 0.15) is 39.5 Å². The molecule has 62 valence electrons. The zero-order chi connectivity index (χ0) is 8.04. The Hall–Kier alpha value is 0.690. The molecule has 2 heteroatoms. The predicted octanol–water partition coefficient (Wildman–Crippen LogP) is 2.75. The summed E-state index contributed by atoms with van der Waals surface area (Å²) in [6.07, 6.45) is 4.20. The first-order chi connectivity index (χ1) is 4.62. The topological polar surface area (TPSA) is 20.2 Å². The van der Waals surface area contributed by atoms with Gasteiger partial charge >= 0.3 is 0 Å². The highest BCUT2D eigenvalue weighted by Crippen LogP contribution is 2.18. The lowest BCUT2D eigenvalue weighted by atomic mass is 9.97. The molecule has 0 aromatic heterocycles. The summed E-state index contributed by atoms with van der Waals surface area (Å²) in [5.41, 5.74) is -0.406. The number of hydrogen-bond acceptors (Lipinski definition) is 1. The molecule has 0 bridgehead atoms. The van der Waals surface area contributed by atoms with Gasteiger partial charge in [-0.1, -0.05) is 42.4 Å². The molecule has 1 N–H and O–H groups in total. The molecule has 0 aliphatic heterocycles. The van der Waals surface area contributed by atoms with Gasteiger partial charge in [0.15, 0.2) is 0 Å². The quantitative estimate of drug-likeness (QED) is 0.592. The normalized spacial score (nSPS) is 16.8. The second kappa shape index (κ2) is 5.35. The predicted molar refractivity (Wildman–Crippen MR) is 53.7 cm³/mol. The lowest BCUT2D eigenvalue weighted by Gasteiger charge is -2.21. The number of hydrogen-bond donors (Lipinski definition) is 1. The van der Waals surface area contributed by atoms with Gasteiger partial charge in [0.1, 0.15) is 0 Å². The second-order valence-corrected chi connectivity index (χ2v) is 4.12. The number of aliphatic hydroxyl groups is 1. The average molecular weight is 256 g/mol. The SMILES string of the molecule is CCCC[C@](C)(O)CCI. The fourth-order valence-electron chi connectivity index (χ4n) is 0.886. The zero-order valence-corrected chi connectivity index (χ0v) is 9.02. The van der Waals surface area contributed by atoms with Crippen molar-refractivity contribution in [1.82, 2.24) is 0 Å². The lowest BCUT2D eigenvalue weighted by molar-refractivity contribution is 0.0466. The van der Waals surface area contributed by atoms with Crippen molar-refractivity contribution in [2.75, 3.05) is 4.43 Å². The van der Waals surface area contributed by atoms with E-state index in [9.17, 15) is 5.11 Å². The first-order valence-corrected chi connectivity index (χ1v) is 5.43. The van der Waals surface area contributed by atoms with E-state index in [1.807, 2.05) is 6.92 Å².